The minimum Gasteiger partial charge on any atom is -0.326 e. The lowest BCUT2D eigenvalue weighted by molar-refractivity contribution is -0.120. The first-order chi connectivity index (χ1) is 9.69. The van der Waals surface area contributed by atoms with Crippen molar-refractivity contribution in [2.45, 2.75) is 39.0 Å². The Kier molecular flexibility index (Phi) is 5.20. The van der Waals surface area contributed by atoms with Gasteiger partial charge in [0.1, 0.15) is 0 Å². The number of rotatable bonds is 2. The zero-order chi connectivity index (χ0) is 14.4. The molecule has 1 saturated carbocycles. The minimum atomic E-state index is 0.146. The molecule has 0 bridgehead atoms. The van der Waals surface area contributed by atoms with Crippen molar-refractivity contribution in [3.05, 3.63) is 29.3 Å². The summed E-state index contributed by atoms with van der Waals surface area (Å²) in [7, 11) is 0. The van der Waals surface area contributed by atoms with Gasteiger partial charge in [0.15, 0.2) is 0 Å². The van der Waals surface area contributed by atoms with E-state index in [4.69, 9.17) is 5.73 Å². The van der Waals surface area contributed by atoms with Crippen molar-refractivity contribution >= 4 is 11.6 Å². The van der Waals surface area contributed by atoms with Gasteiger partial charge in [-0.1, -0.05) is 31.1 Å². The van der Waals surface area contributed by atoms with Gasteiger partial charge in [0, 0.05) is 17.2 Å². The fraction of sp³-hybridized carbons (Fsp3) is 0.471. The Labute approximate surface area is 120 Å². The first kappa shape index (κ1) is 14.6. The van der Waals surface area contributed by atoms with Crippen LogP contribution in [0.25, 0.3) is 0 Å². The van der Waals surface area contributed by atoms with E-state index in [2.05, 4.69) is 17.2 Å². The molecule has 0 radical (unpaired) electrons. The van der Waals surface area contributed by atoms with Crippen LogP contribution in [0.2, 0.25) is 0 Å². The number of aryl methyl sites for hydroxylation is 1. The number of hydrogen-bond donors (Lipinski definition) is 2. The number of amides is 1. The molecule has 1 amide bonds. The van der Waals surface area contributed by atoms with E-state index in [1.165, 1.54) is 19.3 Å². The summed E-state index contributed by atoms with van der Waals surface area (Å²) >= 11 is 0. The number of hydrogen-bond acceptors (Lipinski definition) is 2. The molecular weight excluding hydrogens is 248 g/mol. The van der Waals surface area contributed by atoms with Gasteiger partial charge in [-0.3, -0.25) is 4.79 Å². The van der Waals surface area contributed by atoms with Crippen molar-refractivity contribution in [2.24, 2.45) is 11.7 Å². The van der Waals surface area contributed by atoms with E-state index in [-0.39, 0.29) is 11.8 Å². The number of carbonyl (C=O) groups is 1. The lowest BCUT2D eigenvalue weighted by Gasteiger charge is -2.20. The normalized spacial score (nSPS) is 15.3. The molecule has 0 unspecified atom stereocenters. The predicted octanol–water partition coefficient (Wildman–Crippen LogP) is 2.82. The Hall–Kier alpha value is -1.79. The van der Waals surface area contributed by atoms with Crippen LogP contribution in [0.3, 0.4) is 0 Å². The largest absolute Gasteiger partial charge is 0.326 e. The van der Waals surface area contributed by atoms with E-state index in [1.54, 1.807) is 0 Å². The maximum absolute atomic E-state index is 12.2. The average molecular weight is 270 g/mol. The van der Waals surface area contributed by atoms with E-state index >= 15 is 0 Å². The Morgan fingerprint density at radius 3 is 2.75 bits per heavy atom. The lowest BCUT2D eigenvalue weighted by atomic mass is 9.88. The van der Waals surface area contributed by atoms with Crippen molar-refractivity contribution in [3.8, 4) is 11.8 Å². The summed E-state index contributed by atoms with van der Waals surface area (Å²) in [4.78, 5) is 12.2. The van der Waals surface area contributed by atoms with E-state index in [9.17, 15) is 4.79 Å². The summed E-state index contributed by atoms with van der Waals surface area (Å²) in [5.41, 5.74) is 8.21. The molecule has 0 aliphatic heterocycles. The number of benzene rings is 1. The topological polar surface area (TPSA) is 55.1 Å². The first-order valence-electron chi connectivity index (χ1n) is 7.30. The van der Waals surface area contributed by atoms with Gasteiger partial charge in [-0.25, -0.2) is 0 Å². The van der Waals surface area contributed by atoms with Gasteiger partial charge in [0.25, 0.3) is 0 Å². The summed E-state index contributed by atoms with van der Waals surface area (Å²) in [5, 5.41) is 3.03. The molecule has 3 N–H and O–H groups in total. The molecule has 1 aliphatic carbocycles. The Morgan fingerprint density at radius 2 is 2.05 bits per heavy atom. The highest BCUT2D eigenvalue weighted by atomic mass is 16.1. The van der Waals surface area contributed by atoms with Crippen LogP contribution in [0.4, 0.5) is 5.69 Å². The van der Waals surface area contributed by atoms with Crippen LogP contribution in [0.5, 0.6) is 0 Å². The zero-order valence-corrected chi connectivity index (χ0v) is 12.0. The highest BCUT2D eigenvalue weighted by Crippen LogP contribution is 2.25. The predicted molar refractivity (Wildman–Crippen MR) is 82.3 cm³/mol. The smallest absolute Gasteiger partial charge is 0.227 e. The van der Waals surface area contributed by atoms with E-state index in [0.29, 0.717) is 6.54 Å². The van der Waals surface area contributed by atoms with Crippen LogP contribution in [-0.2, 0) is 4.79 Å². The van der Waals surface area contributed by atoms with Crippen LogP contribution in [0.1, 0.15) is 43.2 Å². The van der Waals surface area contributed by atoms with Crippen molar-refractivity contribution in [3.63, 3.8) is 0 Å². The fourth-order valence-corrected chi connectivity index (χ4v) is 2.69. The molecule has 1 aliphatic rings. The average Bonchev–Trinajstić information content (AvgIpc) is 2.45. The quantitative estimate of drug-likeness (QED) is 0.812. The number of carbonyl (C=O) groups excluding carboxylic acids is 1. The highest BCUT2D eigenvalue weighted by Gasteiger charge is 2.21. The zero-order valence-electron chi connectivity index (χ0n) is 12.0. The maximum atomic E-state index is 12.2. The second-order valence-corrected chi connectivity index (χ2v) is 5.42. The Balaban J connectivity index is 2.08. The highest BCUT2D eigenvalue weighted by molar-refractivity contribution is 5.92. The lowest BCUT2D eigenvalue weighted by Crippen LogP contribution is -2.24. The molecule has 0 spiro atoms. The molecule has 0 heterocycles. The van der Waals surface area contributed by atoms with Gasteiger partial charge in [0.05, 0.1) is 6.54 Å². The number of anilines is 1. The van der Waals surface area contributed by atoms with Gasteiger partial charge in [-0.15, -0.1) is 0 Å². The summed E-state index contributed by atoms with van der Waals surface area (Å²) in [6, 6.07) is 5.89. The third-order valence-corrected chi connectivity index (χ3v) is 3.66. The van der Waals surface area contributed by atoms with E-state index in [0.717, 1.165) is 29.7 Å². The second kappa shape index (κ2) is 7.12. The monoisotopic (exact) mass is 270 g/mol. The molecule has 0 aromatic heterocycles. The third-order valence-electron chi connectivity index (χ3n) is 3.66. The van der Waals surface area contributed by atoms with Crippen LogP contribution < -0.4 is 11.1 Å². The van der Waals surface area contributed by atoms with Gasteiger partial charge in [-0.05, 0) is 43.5 Å². The SMILES string of the molecule is Cc1cc(C#CCN)cc(NC(=O)C2CCCCC2)c1. The number of nitrogens with two attached hydrogens (primary N) is 1. The van der Waals surface area contributed by atoms with E-state index in [1.807, 2.05) is 25.1 Å². The molecule has 1 fully saturated rings. The van der Waals surface area contributed by atoms with E-state index < -0.39 is 0 Å². The molecule has 1 aromatic carbocycles. The second-order valence-electron chi connectivity index (χ2n) is 5.42. The summed E-state index contributed by atoms with van der Waals surface area (Å²) in [6.45, 7) is 2.35. The van der Waals surface area contributed by atoms with Crippen LogP contribution in [0.15, 0.2) is 18.2 Å². The Bertz CT molecular complexity index is 534. The molecule has 2 rings (SSSR count). The molecule has 0 atom stereocenters. The van der Waals surface area contributed by atoms with Crippen molar-refractivity contribution in [1.82, 2.24) is 0 Å². The van der Waals surface area contributed by atoms with Crippen LogP contribution >= 0.6 is 0 Å². The molecule has 106 valence electrons. The van der Waals surface area contributed by atoms with Crippen molar-refractivity contribution in [2.75, 3.05) is 11.9 Å². The molecular formula is C17H22N2O. The van der Waals surface area contributed by atoms with Crippen molar-refractivity contribution < 1.29 is 4.79 Å². The van der Waals surface area contributed by atoms with Crippen molar-refractivity contribution in [1.29, 1.82) is 0 Å². The van der Waals surface area contributed by atoms with Gasteiger partial charge >= 0.3 is 0 Å². The first-order valence-corrected chi connectivity index (χ1v) is 7.30. The molecule has 20 heavy (non-hydrogen) atoms. The maximum Gasteiger partial charge on any atom is 0.227 e. The standard InChI is InChI=1S/C17H22N2O/c1-13-10-14(6-5-9-18)12-16(11-13)19-17(20)15-7-3-2-4-8-15/h10-12,15H,2-4,7-9,18H2,1H3,(H,19,20). The molecule has 3 nitrogen and oxygen atoms in total. The van der Waals surface area contributed by atoms with Gasteiger partial charge in [0.2, 0.25) is 5.91 Å². The Morgan fingerprint density at radius 1 is 1.30 bits per heavy atom. The molecule has 1 aromatic rings. The van der Waals surface area contributed by atoms with Crippen LogP contribution in [-0.4, -0.2) is 12.5 Å². The summed E-state index contributed by atoms with van der Waals surface area (Å²) in [6.07, 6.45) is 5.61. The fourth-order valence-electron chi connectivity index (χ4n) is 2.69. The third kappa shape index (κ3) is 4.11. The number of nitrogens with one attached hydrogen (secondary N) is 1. The molecule has 3 heteroatoms. The minimum absolute atomic E-state index is 0.146. The van der Waals surface area contributed by atoms with Gasteiger partial charge < -0.3 is 11.1 Å². The summed E-state index contributed by atoms with van der Waals surface area (Å²) in [5.74, 6) is 6.17. The van der Waals surface area contributed by atoms with Crippen LogP contribution in [0, 0.1) is 24.7 Å². The van der Waals surface area contributed by atoms with Gasteiger partial charge in [-0.2, -0.15) is 0 Å². The summed E-state index contributed by atoms with van der Waals surface area (Å²) < 4.78 is 0. The molecule has 0 saturated heterocycles.